The van der Waals surface area contributed by atoms with E-state index in [0.29, 0.717) is 5.69 Å². The number of aromatic nitrogens is 1. The number of carbonyl (C=O) groups excluding carboxylic acids is 1. The van der Waals surface area contributed by atoms with E-state index >= 15 is 0 Å². The van der Waals surface area contributed by atoms with E-state index < -0.39 is 0 Å². The molecular weight excluding hydrogens is 240 g/mol. The second kappa shape index (κ2) is 5.54. The number of rotatable bonds is 2. The number of hydrogen-bond donors (Lipinski definition) is 1. The van der Waals surface area contributed by atoms with Gasteiger partial charge in [0.25, 0.3) is 5.91 Å². The van der Waals surface area contributed by atoms with Gasteiger partial charge in [0.1, 0.15) is 0 Å². The third-order valence-corrected chi connectivity index (χ3v) is 3.62. The molecule has 1 aromatic rings. The maximum Gasteiger partial charge on any atom is 0.290 e. The Bertz CT molecular complexity index is 392. The fraction of sp³-hybridized carbons (Fsp3) is 0.667. The second-order valence-electron chi connectivity index (χ2n) is 4.57. The molecule has 1 N–H and O–H groups in total. The van der Waals surface area contributed by atoms with Crippen LogP contribution in [0.3, 0.4) is 0 Å². The van der Waals surface area contributed by atoms with Crippen molar-refractivity contribution in [3.63, 3.8) is 0 Å². The van der Waals surface area contributed by atoms with Gasteiger partial charge in [-0.05, 0) is 19.8 Å². The van der Waals surface area contributed by atoms with Gasteiger partial charge in [-0.15, -0.1) is 11.6 Å². The summed E-state index contributed by atoms with van der Waals surface area (Å²) < 4.78 is 4.93. The summed E-state index contributed by atoms with van der Waals surface area (Å²) in [4.78, 5) is 11.9. The number of amides is 1. The lowest BCUT2D eigenvalue weighted by Crippen LogP contribution is -2.40. The molecule has 0 spiro atoms. The SMILES string of the molecule is Cc1cc(C(=O)NC2CCCCCC2Cl)on1. The monoisotopic (exact) mass is 256 g/mol. The van der Waals surface area contributed by atoms with Crippen LogP contribution in [0.1, 0.15) is 48.4 Å². The van der Waals surface area contributed by atoms with Crippen molar-refractivity contribution in [1.29, 1.82) is 0 Å². The molecule has 2 atom stereocenters. The Morgan fingerprint density at radius 1 is 1.47 bits per heavy atom. The lowest BCUT2D eigenvalue weighted by atomic mass is 10.1. The second-order valence-corrected chi connectivity index (χ2v) is 5.13. The van der Waals surface area contributed by atoms with Crippen molar-refractivity contribution in [1.82, 2.24) is 10.5 Å². The summed E-state index contributed by atoms with van der Waals surface area (Å²) in [6.07, 6.45) is 5.34. The van der Waals surface area contributed by atoms with E-state index in [1.807, 2.05) is 0 Å². The van der Waals surface area contributed by atoms with Gasteiger partial charge in [0.05, 0.1) is 11.1 Å². The molecule has 1 aromatic heterocycles. The van der Waals surface area contributed by atoms with Gasteiger partial charge in [-0.2, -0.15) is 0 Å². The number of halogens is 1. The Labute approximate surface area is 106 Å². The van der Waals surface area contributed by atoms with E-state index in [2.05, 4.69) is 10.5 Å². The Kier molecular flexibility index (Phi) is 4.05. The van der Waals surface area contributed by atoms with Gasteiger partial charge >= 0.3 is 0 Å². The number of hydrogen-bond acceptors (Lipinski definition) is 3. The number of alkyl halides is 1. The predicted molar refractivity (Wildman–Crippen MR) is 65.2 cm³/mol. The van der Waals surface area contributed by atoms with Gasteiger partial charge in [0.2, 0.25) is 5.76 Å². The van der Waals surface area contributed by atoms with E-state index in [0.717, 1.165) is 25.7 Å². The van der Waals surface area contributed by atoms with E-state index in [-0.39, 0.29) is 23.1 Å². The normalized spacial score (nSPS) is 25.3. The first-order chi connectivity index (χ1) is 8.16. The summed E-state index contributed by atoms with van der Waals surface area (Å²) >= 11 is 6.26. The molecule has 94 valence electrons. The van der Waals surface area contributed by atoms with Crippen LogP contribution in [-0.4, -0.2) is 22.5 Å². The minimum absolute atomic E-state index is 0.0190. The van der Waals surface area contributed by atoms with Crippen LogP contribution >= 0.6 is 11.6 Å². The lowest BCUT2D eigenvalue weighted by molar-refractivity contribution is 0.0896. The Balaban J connectivity index is 1.97. The number of nitrogens with one attached hydrogen (secondary N) is 1. The molecule has 0 aromatic carbocycles. The predicted octanol–water partition coefficient (Wildman–Crippen LogP) is 2.65. The number of carbonyl (C=O) groups is 1. The number of nitrogens with zero attached hydrogens (tertiary/aromatic N) is 1. The van der Waals surface area contributed by atoms with Crippen molar-refractivity contribution in [2.24, 2.45) is 0 Å². The third-order valence-electron chi connectivity index (χ3n) is 3.10. The topological polar surface area (TPSA) is 55.1 Å². The molecule has 1 aliphatic rings. The molecule has 0 radical (unpaired) electrons. The number of aryl methyl sites for hydroxylation is 1. The fourth-order valence-electron chi connectivity index (χ4n) is 2.14. The van der Waals surface area contributed by atoms with E-state index in [1.165, 1.54) is 6.42 Å². The molecule has 0 aliphatic heterocycles. The van der Waals surface area contributed by atoms with E-state index in [4.69, 9.17) is 16.1 Å². The van der Waals surface area contributed by atoms with Gasteiger partial charge in [0.15, 0.2) is 0 Å². The van der Waals surface area contributed by atoms with Crippen LogP contribution in [0.2, 0.25) is 0 Å². The quantitative estimate of drug-likeness (QED) is 0.654. The third kappa shape index (κ3) is 3.22. The van der Waals surface area contributed by atoms with Crippen LogP contribution < -0.4 is 5.32 Å². The van der Waals surface area contributed by atoms with Crippen LogP contribution in [-0.2, 0) is 0 Å². The maximum atomic E-state index is 11.9. The zero-order chi connectivity index (χ0) is 12.3. The van der Waals surface area contributed by atoms with Crippen LogP contribution in [0.25, 0.3) is 0 Å². The molecule has 2 unspecified atom stereocenters. The van der Waals surface area contributed by atoms with Crippen LogP contribution in [0, 0.1) is 6.92 Å². The average molecular weight is 257 g/mol. The lowest BCUT2D eigenvalue weighted by Gasteiger charge is -2.20. The molecule has 17 heavy (non-hydrogen) atoms. The van der Waals surface area contributed by atoms with Gasteiger partial charge < -0.3 is 9.84 Å². The highest BCUT2D eigenvalue weighted by molar-refractivity contribution is 6.21. The highest BCUT2D eigenvalue weighted by Gasteiger charge is 2.24. The average Bonchev–Trinajstić information content (AvgIpc) is 2.63. The first-order valence-electron chi connectivity index (χ1n) is 6.05. The van der Waals surface area contributed by atoms with Crippen LogP contribution in [0.4, 0.5) is 0 Å². The van der Waals surface area contributed by atoms with Gasteiger partial charge in [-0.1, -0.05) is 24.4 Å². The maximum absolute atomic E-state index is 11.9. The van der Waals surface area contributed by atoms with Crippen molar-refractivity contribution >= 4 is 17.5 Å². The Morgan fingerprint density at radius 2 is 2.24 bits per heavy atom. The van der Waals surface area contributed by atoms with Crippen molar-refractivity contribution in [3.05, 3.63) is 17.5 Å². The van der Waals surface area contributed by atoms with E-state index in [1.54, 1.807) is 13.0 Å². The minimum atomic E-state index is -0.219. The van der Waals surface area contributed by atoms with Crippen LogP contribution in [0.15, 0.2) is 10.6 Å². The van der Waals surface area contributed by atoms with Crippen molar-refractivity contribution < 1.29 is 9.32 Å². The Morgan fingerprint density at radius 3 is 2.94 bits per heavy atom. The molecule has 4 nitrogen and oxygen atoms in total. The zero-order valence-corrected chi connectivity index (χ0v) is 10.7. The Hall–Kier alpha value is -1.03. The summed E-state index contributed by atoms with van der Waals surface area (Å²) in [5, 5.41) is 6.65. The van der Waals surface area contributed by atoms with Gasteiger partial charge in [-0.25, -0.2) is 0 Å². The fourth-order valence-corrected chi connectivity index (χ4v) is 2.48. The van der Waals surface area contributed by atoms with Gasteiger partial charge in [-0.3, -0.25) is 4.79 Å². The van der Waals surface area contributed by atoms with Crippen molar-refractivity contribution in [2.45, 2.75) is 50.4 Å². The summed E-state index contributed by atoms with van der Waals surface area (Å²) in [5.41, 5.74) is 0.707. The first kappa shape index (κ1) is 12.4. The summed E-state index contributed by atoms with van der Waals surface area (Å²) in [5.74, 6) is 0.0405. The molecule has 1 fully saturated rings. The van der Waals surface area contributed by atoms with E-state index in [9.17, 15) is 4.79 Å². The summed E-state index contributed by atoms with van der Waals surface area (Å²) in [7, 11) is 0. The standard InChI is InChI=1S/C12H17ClN2O2/c1-8-7-11(17-15-8)12(16)14-10-6-4-2-3-5-9(10)13/h7,9-10H,2-6H2,1H3,(H,14,16). The van der Waals surface area contributed by atoms with Crippen molar-refractivity contribution in [2.75, 3.05) is 0 Å². The molecule has 0 bridgehead atoms. The molecule has 0 saturated heterocycles. The van der Waals surface area contributed by atoms with Crippen molar-refractivity contribution in [3.8, 4) is 0 Å². The molecule has 1 amide bonds. The summed E-state index contributed by atoms with van der Waals surface area (Å²) in [6.45, 7) is 1.79. The molecule has 5 heteroatoms. The highest BCUT2D eigenvalue weighted by Crippen LogP contribution is 2.22. The molecular formula is C12H17ClN2O2. The highest BCUT2D eigenvalue weighted by atomic mass is 35.5. The summed E-state index contributed by atoms with van der Waals surface area (Å²) in [6, 6.07) is 1.67. The molecule has 1 heterocycles. The minimum Gasteiger partial charge on any atom is -0.351 e. The largest absolute Gasteiger partial charge is 0.351 e. The first-order valence-corrected chi connectivity index (χ1v) is 6.48. The van der Waals surface area contributed by atoms with Crippen LogP contribution in [0.5, 0.6) is 0 Å². The van der Waals surface area contributed by atoms with Gasteiger partial charge in [0, 0.05) is 12.1 Å². The molecule has 1 saturated carbocycles. The zero-order valence-electron chi connectivity index (χ0n) is 9.91. The molecule has 2 rings (SSSR count). The molecule has 1 aliphatic carbocycles. The smallest absolute Gasteiger partial charge is 0.290 e.